The molecule has 0 fully saturated rings. The van der Waals surface area contributed by atoms with Gasteiger partial charge in [-0.3, -0.25) is 0 Å². The van der Waals surface area contributed by atoms with E-state index in [1.54, 1.807) is 12.4 Å². The third-order valence-corrected chi connectivity index (χ3v) is 6.25. The van der Waals surface area contributed by atoms with Crippen LogP contribution in [-0.2, 0) is 0 Å². The van der Waals surface area contributed by atoms with Crippen molar-refractivity contribution in [3.05, 3.63) is 47.8 Å². The van der Waals surface area contributed by atoms with Crippen molar-refractivity contribution in [2.45, 2.75) is 110 Å². The van der Waals surface area contributed by atoms with Gasteiger partial charge in [-0.2, -0.15) is 4.39 Å². The van der Waals surface area contributed by atoms with Crippen LogP contribution >= 0.6 is 0 Å². The Bertz CT molecular complexity index is 852. The largest absolute Gasteiger partial charge is 0.490 e. The third-order valence-electron chi connectivity index (χ3n) is 6.25. The first-order chi connectivity index (χ1) is 17.2. The summed E-state index contributed by atoms with van der Waals surface area (Å²) in [7, 11) is 0. The van der Waals surface area contributed by atoms with E-state index in [9.17, 15) is 8.78 Å². The molecule has 0 aliphatic rings. The molecule has 1 aromatic carbocycles. The van der Waals surface area contributed by atoms with E-state index >= 15 is 0 Å². The number of benzene rings is 1. The van der Waals surface area contributed by atoms with Crippen molar-refractivity contribution in [3.63, 3.8) is 0 Å². The molecule has 0 amide bonds. The molecular formula is C30H44F2N2O. The minimum absolute atomic E-state index is 0.0459. The number of allylic oxidation sites excluding steroid dienone is 1. The molecule has 0 N–H and O–H groups in total. The Balaban J connectivity index is 1.77. The molecule has 0 radical (unpaired) electrons. The van der Waals surface area contributed by atoms with Crippen LogP contribution in [0.4, 0.5) is 8.78 Å². The topological polar surface area (TPSA) is 35.0 Å². The number of rotatable bonds is 19. The van der Waals surface area contributed by atoms with Crippen LogP contribution in [0, 0.1) is 11.6 Å². The Morgan fingerprint density at radius 2 is 1.29 bits per heavy atom. The Morgan fingerprint density at radius 1 is 0.714 bits per heavy atom. The van der Waals surface area contributed by atoms with Crippen molar-refractivity contribution in [1.29, 1.82) is 0 Å². The van der Waals surface area contributed by atoms with Crippen molar-refractivity contribution >= 4 is 6.08 Å². The lowest BCUT2D eigenvalue weighted by atomic mass is 10.1. The van der Waals surface area contributed by atoms with Gasteiger partial charge in [-0.25, -0.2) is 14.4 Å². The summed E-state index contributed by atoms with van der Waals surface area (Å²) in [5.41, 5.74) is 0.899. The van der Waals surface area contributed by atoms with Gasteiger partial charge in [0.25, 0.3) is 0 Å². The number of halogens is 2. The van der Waals surface area contributed by atoms with Crippen LogP contribution in [0.5, 0.6) is 5.75 Å². The maximum Gasteiger partial charge on any atom is 0.201 e. The molecule has 35 heavy (non-hydrogen) atoms. The third kappa shape index (κ3) is 11.3. The lowest BCUT2D eigenvalue weighted by Crippen LogP contribution is -2.02. The standard InChI is InChI=1S/C30H44F2N2O/c1-3-5-7-9-11-13-15-17-19-25-23-33-30(34-24-25)26-20-21-27(29(32)28(26)31)35-22-18-16-14-12-10-8-6-4-2/h17,19-21,23-24H,3-16,18,22H2,1-2H3/b19-17+. The average molecular weight is 487 g/mol. The molecule has 2 aromatic rings. The molecule has 0 unspecified atom stereocenters. The Hall–Kier alpha value is -2.30. The predicted octanol–water partition coefficient (Wildman–Crippen LogP) is 9.71. The molecule has 0 aliphatic carbocycles. The molecule has 5 heteroatoms. The predicted molar refractivity (Wildman–Crippen MR) is 143 cm³/mol. The van der Waals surface area contributed by atoms with Gasteiger partial charge in [0, 0.05) is 18.0 Å². The van der Waals surface area contributed by atoms with E-state index < -0.39 is 11.6 Å². The maximum atomic E-state index is 14.7. The second kappa shape index (κ2) is 18.0. The number of unbranched alkanes of at least 4 members (excludes halogenated alkanes) is 13. The highest BCUT2D eigenvalue weighted by Gasteiger charge is 2.17. The van der Waals surface area contributed by atoms with E-state index in [1.807, 2.05) is 6.08 Å². The Labute approximate surface area is 211 Å². The molecule has 0 saturated heterocycles. The molecule has 1 heterocycles. The number of aromatic nitrogens is 2. The van der Waals surface area contributed by atoms with Gasteiger partial charge in [0.2, 0.25) is 5.82 Å². The molecule has 0 atom stereocenters. The fraction of sp³-hybridized carbons (Fsp3) is 0.600. The number of ether oxygens (including phenoxy) is 1. The zero-order chi connectivity index (χ0) is 25.1. The van der Waals surface area contributed by atoms with Crippen molar-refractivity contribution in [1.82, 2.24) is 9.97 Å². The lowest BCUT2D eigenvalue weighted by molar-refractivity contribution is 0.285. The number of nitrogens with zero attached hydrogens (tertiary/aromatic N) is 2. The maximum absolute atomic E-state index is 14.7. The van der Waals surface area contributed by atoms with Gasteiger partial charge < -0.3 is 4.74 Å². The van der Waals surface area contributed by atoms with Crippen molar-refractivity contribution < 1.29 is 13.5 Å². The molecular weight excluding hydrogens is 442 g/mol. The summed E-state index contributed by atoms with van der Waals surface area (Å²) in [6, 6.07) is 2.96. The molecule has 0 bridgehead atoms. The van der Waals surface area contributed by atoms with Gasteiger partial charge in [-0.05, 0) is 31.4 Å². The molecule has 0 aliphatic heterocycles. The van der Waals surface area contributed by atoms with E-state index in [0.717, 1.165) is 31.2 Å². The first-order valence-corrected chi connectivity index (χ1v) is 13.8. The summed E-state index contributed by atoms with van der Waals surface area (Å²) in [6.45, 7) is 4.83. The average Bonchev–Trinajstić information content (AvgIpc) is 2.87. The van der Waals surface area contributed by atoms with Crippen molar-refractivity contribution in [2.24, 2.45) is 0 Å². The summed E-state index contributed by atoms with van der Waals surface area (Å²) in [4.78, 5) is 8.48. The minimum atomic E-state index is -0.978. The number of hydrogen-bond donors (Lipinski definition) is 0. The quantitative estimate of drug-likeness (QED) is 0.185. The van der Waals surface area contributed by atoms with Crippen LogP contribution in [0.15, 0.2) is 30.6 Å². The van der Waals surface area contributed by atoms with Crippen LogP contribution in [-0.4, -0.2) is 16.6 Å². The first-order valence-electron chi connectivity index (χ1n) is 13.8. The van der Waals surface area contributed by atoms with E-state index in [0.29, 0.717) is 6.61 Å². The molecule has 2 rings (SSSR count). The van der Waals surface area contributed by atoms with E-state index in [2.05, 4.69) is 29.9 Å². The van der Waals surface area contributed by atoms with Crippen LogP contribution < -0.4 is 4.74 Å². The molecule has 0 spiro atoms. The molecule has 1 aromatic heterocycles. The van der Waals surface area contributed by atoms with Gasteiger partial charge in [-0.1, -0.05) is 103 Å². The molecule has 0 saturated carbocycles. The van der Waals surface area contributed by atoms with Crippen LogP contribution in [0.2, 0.25) is 0 Å². The summed E-state index contributed by atoms with van der Waals surface area (Å²) in [6.07, 6.45) is 25.4. The van der Waals surface area contributed by atoms with Crippen molar-refractivity contribution in [2.75, 3.05) is 6.61 Å². The highest BCUT2D eigenvalue weighted by molar-refractivity contribution is 5.59. The highest BCUT2D eigenvalue weighted by Crippen LogP contribution is 2.28. The van der Waals surface area contributed by atoms with E-state index in [1.165, 1.54) is 82.8 Å². The fourth-order valence-electron chi connectivity index (χ4n) is 4.06. The van der Waals surface area contributed by atoms with Gasteiger partial charge in [0.15, 0.2) is 17.4 Å². The Kier molecular flexibility index (Phi) is 14.9. The lowest BCUT2D eigenvalue weighted by Gasteiger charge is -2.10. The zero-order valence-electron chi connectivity index (χ0n) is 21.8. The van der Waals surface area contributed by atoms with Crippen molar-refractivity contribution in [3.8, 4) is 17.1 Å². The van der Waals surface area contributed by atoms with Gasteiger partial charge in [0.05, 0.1) is 12.2 Å². The fourth-order valence-corrected chi connectivity index (χ4v) is 4.06. The van der Waals surface area contributed by atoms with Gasteiger partial charge in [0.1, 0.15) is 0 Å². The summed E-state index contributed by atoms with van der Waals surface area (Å²) in [5.74, 6) is -1.83. The Morgan fingerprint density at radius 3 is 1.91 bits per heavy atom. The number of hydrogen-bond acceptors (Lipinski definition) is 3. The summed E-state index contributed by atoms with van der Waals surface area (Å²) >= 11 is 0. The smallest absolute Gasteiger partial charge is 0.201 e. The first kappa shape index (κ1) is 28.9. The summed E-state index contributed by atoms with van der Waals surface area (Å²) in [5, 5.41) is 0. The normalized spacial score (nSPS) is 11.4. The zero-order valence-corrected chi connectivity index (χ0v) is 21.8. The van der Waals surface area contributed by atoms with E-state index in [-0.39, 0.29) is 17.1 Å². The van der Waals surface area contributed by atoms with Crippen LogP contribution in [0.3, 0.4) is 0 Å². The highest BCUT2D eigenvalue weighted by atomic mass is 19.2. The van der Waals surface area contributed by atoms with Gasteiger partial charge >= 0.3 is 0 Å². The minimum Gasteiger partial charge on any atom is -0.490 e. The molecule has 3 nitrogen and oxygen atoms in total. The van der Waals surface area contributed by atoms with Gasteiger partial charge in [-0.15, -0.1) is 0 Å². The van der Waals surface area contributed by atoms with E-state index in [4.69, 9.17) is 4.74 Å². The second-order valence-electron chi connectivity index (χ2n) is 9.36. The SMILES string of the molecule is CCCCCCCC/C=C/c1cnc(-c2ccc(OCCCCCCCCCC)c(F)c2F)nc1. The monoisotopic (exact) mass is 486 g/mol. The van der Waals surface area contributed by atoms with Crippen LogP contribution in [0.1, 0.15) is 116 Å². The molecule has 194 valence electrons. The second-order valence-corrected chi connectivity index (χ2v) is 9.36. The van der Waals surface area contributed by atoms with Crippen LogP contribution in [0.25, 0.3) is 17.5 Å². The summed E-state index contributed by atoms with van der Waals surface area (Å²) < 4.78 is 34.7.